The summed E-state index contributed by atoms with van der Waals surface area (Å²) >= 11 is 1.80. The van der Waals surface area contributed by atoms with Crippen molar-refractivity contribution in [1.29, 1.82) is 0 Å². The number of unbranched alkanes of at least 4 members (excludes halogenated alkanes) is 1. The van der Waals surface area contributed by atoms with E-state index in [0.717, 1.165) is 32.4 Å². The fourth-order valence-electron chi connectivity index (χ4n) is 3.52. The van der Waals surface area contributed by atoms with Gasteiger partial charge in [0.05, 0.1) is 6.04 Å². The Labute approximate surface area is 155 Å². The number of benzene rings is 1. The second-order valence-corrected chi connectivity index (χ2v) is 7.79. The molecule has 1 aliphatic rings. The van der Waals surface area contributed by atoms with Gasteiger partial charge in [-0.15, -0.1) is 11.3 Å². The van der Waals surface area contributed by atoms with Crippen molar-refractivity contribution in [2.75, 3.05) is 19.6 Å². The Morgan fingerprint density at radius 1 is 1.08 bits per heavy atom. The van der Waals surface area contributed by atoms with E-state index in [4.69, 9.17) is 0 Å². The van der Waals surface area contributed by atoms with Gasteiger partial charge < -0.3 is 5.32 Å². The van der Waals surface area contributed by atoms with E-state index in [0.29, 0.717) is 19.0 Å². The van der Waals surface area contributed by atoms with Crippen LogP contribution >= 0.6 is 11.3 Å². The van der Waals surface area contributed by atoms with Crippen LogP contribution in [0, 0.1) is 0 Å². The second-order valence-electron chi connectivity index (χ2n) is 6.76. The predicted molar refractivity (Wildman–Crippen MR) is 105 cm³/mol. The lowest BCUT2D eigenvalue weighted by Gasteiger charge is -2.28. The number of carbonyl (C=O) groups is 1. The van der Waals surface area contributed by atoms with Gasteiger partial charge in [-0.1, -0.05) is 36.4 Å². The monoisotopic (exact) mass is 356 g/mol. The molecule has 4 heteroatoms. The third-order valence-electron chi connectivity index (χ3n) is 4.92. The summed E-state index contributed by atoms with van der Waals surface area (Å²) in [6.45, 7) is 2.99. The SMILES string of the molecule is O=C(CCCCc1cccs1)NCC(c1ccccc1)N1CCCC1. The molecule has 25 heavy (non-hydrogen) atoms. The van der Waals surface area contributed by atoms with Crippen molar-refractivity contribution >= 4 is 17.2 Å². The van der Waals surface area contributed by atoms with E-state index in [2.05, 4.69) is 58.1 Å². The molecule has 1 aromatic heterocycles. The van der Waals surface area contributed by atoms with Gasteiger partial charge >= 0.3 is 0 Å². The van der Waals surface area contributed by atoms with Gasteiger partial charge in [-0.2, -0.15) is 0 Å². The minimum absolute atomic E-state index is 0.186. The maximum atomic E-state index is 12.2. The molecule has 0 bridgehead atoms. The Kier molecular flexibility index (Phi) is 7.07. The molecule has 3 rings (SSSR count). The van der Waals surface area contributed by atoms with Gasteiger partial charge in [-0.3, -0.25) is 9.69 Å². The van der Waals surface area contributed by atoms with Crippen LogP contribution in [0.15, 0.2) is 47.8 Å². The average Bonchev–Trinajstić information content (AvgIpc) is 3.34. The van der Waals surface area contributed by atoms with Gasteiger partial charge in [0.25, 0.3) is 0 Å². The van der Waals surface area contributed by atoms with E-state index < -0.39 is 0 Å². The first kappa shape index (κ1) is 18.2. The maximum Gasteiger partial charge on any atom is 0.220 e. The van der Waals surface area contributed by atoms with Crippen LogP contribution in [0.25, 0.3) is 0 Å². The normalized spacial score (nSPS) is 16.0. The van der Waals surface area contributed by atoms with Crippen LogP contribution in [0.1, 0.15) is 48.6 Å². The summed E-state index contributed by atoms with van der Waals surface area (Å²) in [4.78, 5) is 16.1. The van der Waals surface area contributed by atoms with Gasteiger partial charge in [-0.25, -0.2) is 0 Å². The first-order valence-corrected chi connectivity index (χ1v) is 10.3. The van der Waals surface area contributed by atoms with E-state index in [1.54, 1.807) is 11.3 Å². The number of rotatable bonds is 9. The summed E-state index contributed by atoms with van der Waals surface area (Å²) in [5.74, 6) is 0.186. The smallest absolute Gasteiger partial charge is 0.220 e. The molecule has 1 atom stereocenters. The molecule has 1 aliphatic heterocycles. The van der Waals surface area contributed by atoms with Crippen molar-refractivity contribution in [3.63, 3.8) is 0 Å². The lowest BCUT2D eigenvalue weighted by atomic mass is 10.1. The molecule has 0 spiro atoms. The van der Waals surface area contributed by atoms with Crippen LogP contribution in [0.2, 0.25) is 0 Å². The highest BCUT2D eigenvalue weighted by molar-refractivity contribution is 7.09. The van der Waals surface area contributed by atoms with E-state index in [9.17, 15) is 4.79 Å². The molecule has 0 saturated carbocycles. The fourth-order valence-corrected chi connectivity index (χ4v) is 4.28. The number of aryl methyl sites for hydroxylation is 1. The molecular weight excluding hydrogens is 328 g/mol. The van der Waals surface area contributed by atoms with Crippen molar-refractivity contribution in [2.45, 2.75) is 44.6 Å². The van der Waals surface area contributed by atoms with Crippen LogP contribution in [0.5, 0.6) is 0 Å². The van der Waals surface area contributed by atoms with Gasteiger partial charge in [0.15, 0.2) is 0 Å². The first-order valence-electron chi connectivity index (χ1n) is 9.41. The molecule has 1 fully saturated rings. The number of nitrogens with zero attached hydrogens (tertiary/aromatic N) is 1. The third-order valence-corrected chi connectivity index (χ3v) is 5.85. The number of hydrogen-bond acceptors (Lipinski definition) is 3. The van der Waals surface area contributed by atoms with Gasteiger partial charge in [0.1, 0.15) is 0 Å². The van der Waals surface area contributed by atoms with Crippen LogP contribution in [-0.4, -0.2) is 30.4 Å². The molecule has 1 N–H and O–H groups in total. The zero-order chi connectivity index (χ0) is 17.3. The first-order chi connectivity index (χ1) is 12.3. The largest absolute Gasteiger partial charge is 0.354 e. The summed E-state index contributed by atoms with van der Waals surface area (Å²) < 4.78 is 0. The lowest BCUT2D eigenvalue weighted by molar-refractivity contribution is -0.121. The van der Waals surface area contributed by atoms with Crippen LogP contribution in [0.4, 0.5) is 0 Å². The van der Waals surface area contributed by atoms with Crippen LogP contribution < -0.4 is 5.32 Å². The third kappa shape index (κ3) is 5.68. The Bertz CT molecular complexity index is 621. The quantitative estimate of drug-likeness (QED) is 0.675. The van der Waals surface area contributed by atoms with Crippen LogP contribution in [-0.2, 0) is 11.2 Å². The topological polar surface area (TPSA) is 32.3 Å². The highest BCUT2D eigenvalue weighted by Gasteiger charge is 2.23. The number of likely N-dealkylation sites (tertiary alicyclic amines) is 1. The molecular formula is C21H28N2OS. The Balaban J connectivity index is 1.43. The molecule has 1 saturated heterocycles. The fraction of sp³-hybridized carbons (Fsp3) is 0.476. The lowest BCUT2D eigenvalue weighted by Crippen LogP contribution is -2.36. The molecule has 2 aromatic rings. The van der Waals surface area contributed by atoms with E-state index in [-0.39, 0.29) is 5.91 Å². The number of amides is 1. The van der Waals surface area contributed by atoms with E-state index in [1.165, 1.54) is 23.3 Å². The van der Waals surface area contributed by atoms with Gasteiger partial charge in [0, 0.05) is 17.8 Å². The standard InChI is InChI=1S/C21H28N2OS/c24-21(13-5-4-11-19-12-8-16-25-19)22-17-20(23-14-6-7-15-23)18-9-2-1-3-10-18/h1-3,8-10,12,16,20H,4-7,11,13-15,17H2,(H,22,24). The second kappa shape index (κ2) is 9.73. The van der Waals surface area contributed by atoms with Crippen LogP contribution in [0.3, 0.4) is 0 Å². The van der Waals surface area contributed by atoms with Crippen molar-refractivity contribution in [1.82, 2.24) is 10.2 Å². The summed E-state index contributed by atoms with van der Waals surface area (Å²) in [6.07, 6.45) is 6.30. The van der Waals surface area contributed by atoms with Crippen molar-refractivity contribution in [2.24, 2.45) is 0 Å². The summed E-state index contributed by atoms with van der Waals surface area (Å²) in [6, 6.07) is 15.2. The molecule has 1 unspecified atom stereocenters. The molecule has 0 aliphatic carbocycles. The summed E-state index contributed by atoms with van der Waals surface area (Å²) in [5.41, 5.74) is 1.31. The zero-order valence-electron chi connectivity index (χ0n) is 14.8. The Morgan fingerprint density at radius 2 is 1.88 bits per heavy atom. The van der Waals surface area contributed by atoms with Gasteiger partial charge in [0.2, 0.25) is 5.91 Å². The molecule has 2 heterocycles. The number of hydrogen-bond donors (Lipinski definition) is 1. The maximum absolute atomic E-state index is 12.2. The number of nitrogens with one attached hydrogen (secondary N) is 1. The highest BCUT2D eigenvalue weighted by atomic mass is 32.1. The average molecular weight is 357 g/mol. The van der Waals surface area contributed by atoms with E-state index in [1.807, 2.05) is 0 Å². The zero-order valence-corrected chi connectivity index (χ0v) is 15.6. The summed E-state index contributed by atoms with van der Waals surface area (Å²) in [7, 11) is 0. The van der Waals surface area contributed by atoms with E-state index >= 15 is 0 Å². The molecule has 3 nitrogen and oxygen atoms in total. The highest BCUT2D eigenvalue weighted by Crippen LogP contribution is 2.24. The molecule has 0 radical (unpaired) electrons. The Morgan fingerprint density at radius 3 is 2.60 bits per heavy atom. The Hall–Kier alpha value is -1.65. The predicted octanol–water partition coefficient (Wildman–Crippen LogP) is 4.41. The number of thiophene rings is 1. The van der Waals surface area contributed by atoms with Crippen molar-refractivity contribution in [3.05, 3.63) is 58.3 Å². The molecule has 134 valence electrons. The van der Waals surface area contributed by atoms with Crippen molar-refractivity contribution in [3.8, 4) is 0 Å². The molecule has 1 amide bonds. The van der Waals surface area contributed by atoms with Gasteiger partial charge in [-0.05, 0) is 62.2 Å². The number of carbonyl (C=O) groups excluding carboxylic acids is 1. The van der Waals surface area contributed by atoms with Crippen molar-refractivity contribution < 1.29 is 4.79 Å². The summed E-state index contributed by atoms with van der Waals surface area (Å²) in [5, 5.41) is 5.29. The molecule has 1 aromatic carbocycles. The minimum Gasteiger partial charge on any atom is -0.354 e. The minimum atomic E-state index is 0.186.